The van der Waals surface area contributed by atoms with E-state index in [0.29, 0.717) is 24.1 Å². The van der Waals surface area contributed by atoms with Crippen LogP contribution in [0.2, 0.25) is 0 Å². The van der Waals surface area contributed by atoms with Gasteiger partial charge in [-0.2, -0.15) is 9.40 Å². The van der Waals surface area contributed by atoms with E-state index < -0.39 is 10.0 Å². The molecule has 21 heavy (non-hydrogen) atoms. The molecule has 114 valence electrons. The lowest BCUT2D eigenvalue weighted by molar-refractivity contribution is 0.317. The van der Waals surface area contributed by atoms with Crippen LogP contribution < -0.4 is 5.73 Å². The van der Waals surface area contributed by atoms with Gasteiger partial charge in [0.1, 0.15) is 4.90 Å². The number of hydrogen-bond acceptors (Lipinski definition) is 6. The number of aromatic nitrogens is 3. The van der Waals surface area contributed by atoms with Gasteiger partial charge in [0.05, 0.1) is 11.9 Å². The van der Waals surface area contributed by atoms with Crippen molar-refractivity contribution < 1.29 is 8.42 Å². The summed E-state index contributed by atoms with van der Waals surface area (Å²) in [5.74, 6) is 0.291. The van der Waals surface area contributed by atoms with Gasteiger partial charge in [-0.15, -0.1) is 11.3 Å². The van der Waals surface area contributed by atoms with Gasteiger partial charge in [-0.1, -0.05) is 0 Å². The first-order valence-corrected chi connectivity index (χ1v) is 8.98. The van der Waals surface area contributed by atoms with Crippen molar-refractivity contribution in [1.82, 2.24) is 19.1 Å². The fourth-order valence-corrected chi connectivity index (χ4v) is 4.66. The highest BCUT2D eigenvalue weighted by molar-refractivity contribution is 7.89. The van der Waals surface area contributed by atoms with Crippen molar-refractivity contribution in [3.63, 3.8) is 0 Å². The average Bonchev–Trinajstić information content (AvgIpc) is 3.08. The monoisotopic (exact) mass is 327 g/mol. The van der Waals surface area contributed by atoms with E-state index >= 15 is 0 Å². The Bertz CT molecular complexity index is 728. The molecule has 2 aromatic heterocycles. The third-order valence-corrected chi connectivity index (χ3v) is 6.27. The number of piperidine rings is 1. The minimum atomic E-state index is -3.43. The predicted octanol–water partition coefficient (Wildman–Crippen LogP) is 1.03. The zero-order valence-electron chi connectivity index (χ0n) is 11.6. The van der Waals surface area contributed by atoms with Gasteiger partial charge in [0.15, 0.2) is 5.13 Å². The number of hydrogen-bond donors (Lipinski definition) is 1. The van der Waals surface area contributed by atoms with Crippen LogP contribution in [0.25, 0.3) is 0 Å². The maximum absolute atomic E-state index is 12.5. The quantitative estimate of drug-likeness (QED) is 0.908. The van der Waals surface area contributed by atoms with Crippen molar-refractivity contribution in [1.29, 1.82) is 0 Å². The molecule has 2 N–H and O–H groups in total. The lowest BCUT2D eigenvalue weighted by Crippen LogP contribution is -2.37. The zero-order valence-corrected chi connectivity index (χ0v) is 13.3. The molecule has 1 aliphatic heterocycles. The van der Waals surface area contributed by atoms with Crippen LogP contribution in [0.4, 0.5) is 5.13 Å². The summed E-state index contributed by atoms with van der Waals surface area (Å²) in [5.41, 5.74) is 6.63. The normalized spacial score (nSPS) is 18.1. The van der Waals surface area contributed by atoms with Crippen molar-refractivity contribution in [2.75, 3.05) is 18.8 Å². The van der Waals surface area contributed by atoms with Gasteiger partial charge in [-0.3, -0.25) is 4.68 Å². The number of thiazole rings is 1. The van der Waals surface area contributed by atoms with E-state index in [1.54, 1.807) is 7.05 Å². The first-order valence-electron chi connectivity index (χ1n) is 6.66. The molecular weight excluding hydrogens is 310 g/mol. The molecule has 0 bridgehead atoms. The predicted molar refractivity (Wildman–Crippen MR) is 80.5 cm³/mol. The van der Waals surface area contributed by atoms with Crippen LogP contribution in [0.15, 0.2) is 22.7 Å². The maximum atomic E-state index is 12.5. The average molecular weight is 327 g/mol. The van der Waals surface area contributed by atoms with E-state index in [2.05, 4.69) is 10.1 Å². The van der Waals surface area contributed by atoms with Gasteiger partial charge in [0.2, 0.25) is 10.0 Å². The lowest BCUT2D eigenvalue weighted by atomic mass is 9.95. The van der Waals surface area contributed by atoms with Gasteiger partial charge < -0.3 is 5.73 Å². The van der Waals surface area contributed by atoms with Crippen LogP contribution in [0.1, 0.15) is 24.5 Å². The summed E-state index contributed by atoms with van der Waals surface area (Å²) >= 11 is 1.43. The molecule has 3 heterocycles. The van der Waals surface area contributed by atoms with E-state index in [1.807, 2.05) is 5.38 Å². The van der Waals surface area contributed by atoms with E-state index in [0.717, 1.165) is 18.5 Å². The molecule has 1 aliphatic rings. The molecule has 3 rings (SSSR count). The first kappa shape index (κ1) is 14.5. The topological polar surface area (TPSA) is 94.1 Å². The van der Waals surface area contributed by atoms with E-state index in [1.165, 1.54) is 32.7 Å². The Morgan fingerprint density at radius 3 is 2.62 bits per heavy atom. The minimum Gasteiger partial charge on any atom is -0.375 e. The van der Waals surface area contributed by atoms with Crippen molar-refractivity contribution in [3.05, 3.63) is 23.5 Å². The van der Waals surface area contributed by atoms with Gasteiger partial charge >= 0.3 is 0 Å². The van der Waals surface area contributed by atoms with Crippen molar-refractivity contribution in [2.24, 2.45) is 7.05 Å². The molecule has 9 heteroatoms. The van der Waals surface area contributed by atoms with E-state index in [9.17, 15) is 8.42 Å². The van der Waals surface area contributed by atoms with Gasteiger partial charge in [0.25, 0.3) is 0 Å². The minimum absolute atomic E-state index is 0.251. The molecule has 0 spiro atoms. The number of nitrogens with two attached hydrogens (primary N) is 1. The SMILES string of the molecule is Cn1cc(S(=O)(=O)N2CCC(c3csc(N)n3)CC2)cn1. The zero-order chi connectivity index (χ0) is 15.0. The Hall–Kier alpha value is -1.45. The second-order valence-electron chi connectivity index (χ2n) is 5.14. The summed E-state index contributed by atoms with van der Waals surface area (Å²) < 4.78 is 28.0. The molecule has 1 fully saturated rings. The van der Waals surface area contributed by atoms with Crippen LogP contribution in [0, 0.1) is 0 Å². The van der Waals surface area contributed by atoms with Crippen LogP contribution in [0.5, 0.6) is 0 Å². The Morgan fingerprint density at radius 1 is 1.38 bits per heavy atom. The van der Waals surface area contributed by atoms with E-state index in [-0.39, 0.29) is 4.90 Å². The van der Waals surface area contributed by atoms with E-state index in [4.69, 9.17) is 5.73 Å². The largest absolute Gasteiger partial charge is 0.375 e. The molecular formula is C12H17N5O2S2. The Morgan fingerprint density at radius 2 is 2.10 bits per heavy atom. The van der Waals surface area contributed by atoms with Crippen molar-refractivity contribution in [3.8, 4) is 0 Å². The summed E-state index contributed by atoms with van der Waals surface area (Å²) in [7, 11) is -1.73. The highest BCUT2D eigenvalue weighted by atomic mass is 32.2. The molecule has 0 radical (unpaired) electrons. The molecule has 0 atom stereocenters. The van der Waals surface area contributed by atoms with Crippen LogP contribution in [-0.4, -0.2) is 40.6 Å². The second-order valence-corrected chi connectivity index (χ2v) is 7.97. The molecule has 0 saturated carbocycles. The molecule has 1 saturated heterocycles. The Labute approximate surface area is 127 Å². The third-order valence-electron chi connectivity index (χ3n) is 3.73. The summed E-state index contributed by atoms with van der Waals surface area (Å²) in [5, 5.41) is 6.46. The van der Waals surface area contributed by atoms with Gasteiger partial charge in [-0.25, -0.2) is 13.4 Å². The first-order chi connectivity index (χ1) is 9.96. The highest BCUT2D eigenvalue weighted by Gasteiger charge is 2.31. The van der Waals surface area contributed by atoms with Crippen LogP contribution in [-0.2, 0) is 17.1 Å². The molecule has 0 amide bonds. The lowest BCUT2D eigenvalue weighted by Gasteiger charge is -2.30. The fraction of sp³-hybridized carbons (Fsp3) is 0.500. The second kappa shape index (κ2) is 5.39. The Balaban J connectivity index is 1.71. The third kappa shape index (κ3) is 2.81. The molecule has 0 unspecified atom stereocenters. The van der Waals surface area contributed by atoms with Crippen molar-refractivity contribution in [2.45, 2.75) is 23.7 Å². The number of nitrogen functional groups attached to an aromatic ring is 1. The Kier molecular flexibility index (Phi) is 3.72. The summed E-state index contributed by atoms with van der Waals surface area (Å²) in [6, 6.07) is 0. The summed E-state index contributed by atoms with van der Waals surface area (Å²) in [6.45, 7) is 0.999. The molecule has 7 nitrogen and oxygen atoms in total. The molecule has 0 aromatic carbocycles. The number of sulfonamides is 1. The highest BCUT2D eigenvalue weighted by Crippen LogP contribution is 2.31. The number of nitrogens with zero attached hydrogens (tertiary/aromatic N) is 4. The summed E-state index contributed by atoms with van der Waals surface area (Å²) in [6.07, 6.45) is 4.45. The van der Waals surface area contributed by atoms with Crippen LogP contribution >= 0.6 is 11.3 Å². The van der Waals surface area contributed by atoms with Crippen LogP contribution in [0.3, 0.4) is 0 Å². The number of aryl methyl sites for hydroxylation is 1. The van der Waals surface area contributed by atoms with Gasteiger partial charge in [-0.05, 0) is 12.8 Å². The standard InChI is InChI=1S/C12H17N5O2S2/c1-16-7-10(6-14-16)21(18,19)17-4-2-9(3-5-17)11-8-20-12(13)15-11/h6-9H,2-5H2,1H3,(H2,13,15). The van der Waals surface area contributed by atoms with Crippen molar-refractivity contribution >= 4 is 26.5 Å². The smallest absolute Gasteiger partial charge is 0.246 e. The molecule has 2 aromatic rings. The summed E-state index contributed by atoms with van der Waals surface area (Å²) in [4.78, 5) is 4.55. The maximum Gasteiger partial charge on any atom is 0.246 e. The molecule has 0 aliphatic carbocycles. The number of anilines is 1. The number of rotatable bonds is 3. The van der Waals surface area contributed by atoms with Gasteiger partial charge in [0, 0.05) is 37.6 Å². The fourth-order valence-electron chi connectivity index (χ4n) is 2.56.